The zero-order valence-electron chi connectivity index (χ0n) is 16.3. The summed E-state index contributed by atoms with van der Waals surface area (Å²) in [5, 5.41) is 14.0. The van der Waals surface area contributed by atoms with Gasteiger partial charge in [-0.3, -0.25) is 14.9 Å². The fraction of sp³-hybridized carbons (Fsp3) is 0.316. The maximum Gasteiger partial charge on any atom is 0.573 e. The van der Waals surface area contributed by atoms with Crippen LogP contribution in [-0.2, 0) is 0 Å². The van der Waals surface area contributed by atoms with Gasteiger partial charge in [-0.1, -0.05) is 12.1 Å². The van der Waals surface area contributed by atoms with Gasteiger partial charge >= 0.3 is 6.36 Å². The van der Waals surface area contributed by atoms with Crippen molar-refractivity contribution in [2.24, 2.45) is 0 Å². The van der Waals surface area contributed by atoms with E-state index in [-0.39, 0.29) is 23.7 Å². The van der Waals surface area contributed by atoms with Gasteiger partial charge in [-0.15, -0.1) is 13.2 Å². The third-order valence-electron chi connectivity index (χ3n) is 3.98. The van der Waals surface area contributed by atoms with Crippen LogP contribution in [0.4, 0.5) is 18.9 Å². The lowest BCUT2D eigenvalue weighted by Crippen LogP contribution is -2.27. The predicted octanol–water partition coefficient (Wildman–Crippen LogP) is 4.39. The molecule has 8 nitrogen and oxygen atoms in total. The van der Waals surface area contributed by atoms with Crippen molar-refractivity contribution >= 4 is 11.6 Å². The molecule has 11 heteroatoms. The minimum atomic E-state index is -4.81. The van der Waals surface area contributed by atoms with E-state index < -0.39 is 34.7 Å². The molecule has 0 aromatic heterocycles. The number of carbonyl (C=O) groups is 1. The minimum Gasteiger partial charge on any atom is -0.493 e. The van der Waals surface area contributed by atoms with E-state index in [0.717, 1.165) is 18.2 Å². The molecule has 2 aromatic rings. The van der Waals surface area contributed by atoms with Crippen LogP contribution in [0, 0.1) is 10.1 Å². The number of carbonyl (C=O) groups excluding carboxylic acids is 1. The summed E-state index contributed by atoms with van der Waals surface area (Å²) in [5.74, 6) is -0.895. The van der Waals surface area contributed by atoms with Crippen molar-refractivity contribution in [3.8, 4) is 17.2 Å². The van der Waals surface area contributed by atoms with Gasteiger partial charge in [0.25, 0.3) is 11.6 Å². The highest BCUT2D eigenvalue weighted by Gasteiger charge is 2.31. The summed E-state index contributed by atoms with van der Waals surface area (Å²) < 4.78 is 51.0. The van der Waals surface area contributed by atoms with Crippen molar-refractivity contribution < 1.29 is 37.1 Å². The molecule has 0 aliphatic rings. The third-order valence-corrected chi connectivity index (χ3v) is 3.98. The van der Waals surface area contributed by atoms with E-state index >= 15 is 0 Å². The van der Waals surface area contributed by atoms with Crippen molar-refractivity contribution in [2.45, 2.75) is 26.3 Å². The van der Waals surface area contributed by atoms with E-state index in [9.17, 15) is 28.1 Å². The van der Waals surface area contributed by atoms with E-state index in [1.54, 1.807) is 13.8 Å². The Hall–Kier alpha value is -3.50. The van der Waals surface area contributed by atoms with Crippen LogP contribution in [0.25, 0.3) is 0 Å². The average Bonchev–Trinajstić information content (AvgIpc) is 2.67. The second-order valence-electron chi connectivity index (χ2n) is 6.02. The Morgan fingerprint density at radius 1 is 1.20 bits per heavy atom. The first-order valence-electron chi connectivity index (χ1n) is 8.71. The first-order valence-corrected chi connectivity index (χ1v) is 8.71. The predicted molar refractivity (Wildman–Crippen MR) is 99.8 cm³/mol. The van der Waals surface area contributed by atoms with Crippen LogP contribution in [-0.4, -0.2) is 30.9 Å². The third kappa shape index (κ3) is 5.75. The zero-order chi connectivity index (χ0) is 22.5. The number of methoxy groups -OCH3 is 1. The van der Waals surface area contributed by atoms with Crippen LogP contribution in [0.5, 0.6) is 17.2 Å². The van der Waals surface area contributed by atoms with Crippen LogP contribution in [0.15, 0.2) is 36.4 Å². The Balaban J connectivity index is 2.25. The molecule has 0 saturated heterocycles. The lowest BCUT2D eigenvalue weighted by molar-refractivity contribution is -0.385. The van der Waals surface area contributed by atoms with E-state index in [2.05, 4.69) is 10.1 Å². The van der Waals surface area contributed by atoms with Crippen molar-refractivity contribution in [1.82, 2.24) is 5.32 Å². The lowest BCUT2D eigenvalue weighted by Gasteiger charge is -2.16. The summed E-state index contributed by atoms with van der Waals surface area (Å²) in [4.78, 5) is 23.4. The van der Waals surface area contributed by atoms with Gasteiger partial charge in [0.1, 0.15) is 11.3 Å². The number of benzene rings is 2. The molecule has 1 amide bonds. The zero-order valence-corrected chi connectivity index (χ0v) is 16.3. The van der Waals surface area contributed by atoms with Gasteiger partial charge in [0.15, 0.2) is 11.5 Å². The fourth-order valence-electron chi connectivity index (χ4n) is 2.63. The smallest absolute Gasteiger partial charge is 0.493 e. The maximum absolute atomic E-state index is 12.7. The molecular formula is C19H19F3N2O6. The van der Waals surface area contributed by atoms with Gasteiger partial charge in [-0.25, -0.2) is 0 Å². The van der Waals surface area contributed by atoms with Crippen LogP contribution >= 0.6 is 0 Å². The molecule has 0 radical (unpaired) electrons. The van der Waals surface area contributed by atoms with E-state index in [4.69, 9.17) is 9.47 Å². The number of nitro benzene ring substituents is 1. The number of nitro groups is 1. The summed E-state index contributed by atoms with van der Waals surface area (Å²) in [6.45, 7) is 3.51. The SMILES string of the molecule is CCOc1cc([N+](=O)[O-])c(C(=O)NC(C)c2ccc(OC(F)(F)F)cc2)cc1OC. The van der Waals surface area contributed by atoms with E-state index in [1.807, 2.05) is 0 Å². The normalized spacial score (nSPS) is 12.1. The molecule has 0 spiro atoms. The van der Waals surface area contributed by atoms with Crippen LogP contribution < -0.4 is 19.5 Å². The number of hydrogen-bond acceptors (Lipinski definition) is 6. The van der Waals surface area contributed by atoms with Gasteiger partial charge < -0.3 is 19.5 Å². The largest absolute Gasteiger partial charge is 0.573 e. The van der Waals surface area contributed by atoms with E-state index in [1.165, 1.54) is 25.3 Å². The summed E-state index contributed by atoms with van der Waals surface area (Å²) in [6.07, 6.45) is -4.81. The molecule has 0 aliphatic carbocycles. The number of rotatable bonds is 8. The number of hydrogen-bond donors (Lipinski definition) is 1. The number of ether oxygens (including phenoxy) is 3. The maximum atomic E-state index is 12.7. The number of nitrogens with one attached hydrogen (secondary N) is 1. The van der Waals surface area contributed by atoms with Gasteiger partial charge in [0.05, 0.1) is 30.7 Å². The van der Waals surface area contributed by atoms with Crippen LogP contribution in [0.1, 0.15) is 35.8 Å². The average molecular weight is 428 g/mol. The molecule has 0 heterocycles. The Morgan fingerprint density at radius 3 is 2.33 bits per heavy atom. The van der Waals surface area contributed by atoms with Gasteiger partial charge in [-0.2, -0.15) is 0 Å². The molecule has 1 unspecified atom stereocenters. The number of halogens is 3. The topological polar surface area (TPSA) is 99.9 Å². The Bertz CT molecular complexity index is 916. The Morgan fingerprint density at radius 2 is 1.83 bits per heavy atom. The number of alkyl halides is 3. The molecule has 2 rings (SSSR count). The molecule has 1 N–H and O–H groups in total. The molecule has 1 atom stereocenters. The van der Waals surface area contributed by atoms with Crippen molar-refractivity contribution in [3.05, 3.63) is 57.6 Å². The molecule has 2 aromatic carbocycles. The van der Waals surface area contributed by atoms with Crippen molar-refractivity contribution in [3.63, 3.8) is 0 Å². The highest BCUT2D eigenvalue weighted by molar-refractivity contribution is 5.99. The monoisotopic (exact) mass is 428 g/mol. The standard InChI is InChI=1S/C19H19F3N2O6/c1-4-29-17-10-15(24(26)27)14(9-16(17)28-3)18(25)23-11(2)12-5-7-13(8-6-12)30-19(20,21)22/h5-11H,4H2,1-3H3,(H,23,25). The summed E-state index contributed by atoms with van der Waals surface area (Å²) in [5.41, 5.74) is -0.250. The fourth-order valence-corrected chi connectivity index (χ4v) is 2.63. The molecule has 0 bridgehead atoms. The van der Waals surface area contributed by atoms with Crippen LogP contribution in [0.3, 0.4) is 0 Å². The molecule has 162 valence electrons. The summed E-state index contributed by atoms with van der Waals surface area (Å²) in [6, 6.07) is 6.55. The van der Waals surface area contributed by atoms with Gasteiger partial charge in [-0.05, 0) is 31.5 Å². The second-order valence-corrected chi connectivity index (χ2v) is 6.02. The van der Waals surface area contributed by atoms with E-state index in [0.29, 0.717) is 5.56 Å². The van der Waals surface area contributed by atoms with Crippen LogP contribution in [0.2, 0.25) is 0 Å². The molecule has 0 saturated carbocycles. The Kier molecular flexibility index (Phi) is 7.09. The molecule has 0 fully saturated rings. The molecule has 30 heavy (non-hydrogen) atoms. The first-order chi connectivity index (χ1) is 14.1. The Labute approximate surface area is 169 Å². The lowest BCUT2D eigenvalue weighted by atomic mass is 10.1. The highest BCUT2D eigenvalue weighted by Crippen LogP contribution is 2.35. The van der Waals surface area contributed by atoms with Crippen molar-refractivity contribution in [2.75, 3.05) is 13.7 Å². The second kappa shape index (κ2) is 9.33. The number of amides is 1. The quantitative estimate of drug-likeness (QED) is 0.494. The molecule has 0 aliphatic heterocycles. The van der Waals surface area contributed by atoms with Gasteiger partial charge in [0.2, 0.25) is 0 Å². The molecular weight excluding hydrogens is 409 g/mol. The minimum absolute atomic E-state index is 0.122. The first kappa shape index (κ1) is 22.8. The summed E-state index contributed by atoms with van der Waals surface area (Å²) in [7, 11) is 1.33. The highest BCUT2D eigenvalue weighted by atomic mass is 19.4. The van der Waals surface area contributed by atoms with Gasteiger partial charge in [0, 0.05) is 6.07 Å². The number of nitrogens with zero attached hydrogens (tertiary/aromatic N) is 1. The van der Waals surface area contributed by atoms with Crippen molar-refractivity contribution in [1.29, 1.82) is 0 Å². The summed E-state index contributed by atoms with van der Waals surface area (Å²) >= 11 is 0.